The topological polar surface area (TPSA) is 44.1 Å². The van der Waals surface area contributed by atoms with Gasteiger partial charge in [-0.05, 0) is 38.1 Å². The largest absolute Gasteiger partial charge is 0.451 e. The third-order valence-electron chi connectivity index (χ3n) is 3.75. The van der Waals surface area contributed by atoms with Gasteiger partial charge in [-0.1, -0.05) is 29.8 Å². The molecule has 0 saturated heterocycles. The SMILES string of the molecule is Cc1ccc(C(=O)OC(C)c2nc3ccccc3n2C(F)F)cc1. The number of para-hydroxylation sites is 2. The second-order valence-corrected chi connectivity index (χ2v) is 5.52. The number of benzene rings is 2. The average Bonchev–Trinajstić information content (AvgIpc) is 2.95. The van der Waals surface area contributed by atoms with Gasteiger partial charge in [-0.2, -0.15) is 8.78 Å². The molecule has 4 nitrogen and oxygen atoms in total. The average molecular weight is 330 g/mol. The standard InChI is InChI=1S/C18H16F2N2O2/c1-11-7-9-13(10-8-11)17(23)24-12(2)16-21-14-5-3-4-6-15(14)22(16)18(19)20/h3-10,12,18H,1-2H3. The molecular formula is C18H16F2N2O2. The molecule has 0 aliphatic rings. The van der Waals surface area contributed by atoms with E-state index in [-0.39, 0.29) is 5.82 Å². The van der Waals surface area contributed by atoms with Crippen LogP contribution in [0, 0.1) is 6.92 Å². The van der Waals surface area contributed by atoms with Crippen LogP contribution in [0.25, 0.3) is 11.0 Å². The molecule has 3 rings (SSSR count). The minimum atomic E-state index is -2.77. The predicted octanol–water partition coefficient (Wildman–Crippen LogP) is 4.66. The number of nitrogens with zero attached hydrogens (tertiary/aromatic N) is 2. The summed E-state index contributed by atoms with van der Waals surface area (Å²) in [6, 6.07) is 13.4. The van der Waals surface area contributed by atoms with E-state index in [4.69, 9.17) is 4.74 Å². The van der Waals surface area contributed by atoms with E-state index in [0.717, 1.165) is 10.1 Å². The summed E-state index contributed by atoms with van der Waals surface area (Å²) in [5, 5.41) is 0. The Bertz CT molecular complexity index is 872. The van der Waals surface area contributed by atoms with E-state index in [0.29, 0.717) is 16.6 Å². The maximum atomic E-state index is 13.4. The van der Waals surface area contributed by atoms with Crippen LogP contribution in [0.3, 0.4) is 0 Å². The minimum Gasteiger partial charge on any atom is -0.451 e. The molecule has 1 unspecified atom stereocenters. The lowest BCUT2D eigenvalue weighted by Crippen LogP contribution is -2.14. The Balaban J connectivity index is 1.91. The summed E-state index contributed by atoms with van der Waals surface area (Å²) < 4.78 is 33.0. The molecule has 1 atom stereocenters. The Kier molecular flexibility index (Phi) is 4.29. The van der Waals surface area contributed by atoms with Crippen LogP contribution in [-0.4, -0.2) is 15.5 Å². The highest BCUT2D eigenvalue weighted by Crippen LogP contribution is 2.28. The van der Waals surface area contributed by atoms with Crippen LogP contribution >= 0.6 is 0 Å². The number of fused-ring (bicyclic) bond motifs is 1. The number of carbonyl (C=O) groups is 1. The molecular weight excluding hydrogens is 314 g/mol. The van der Waals surface area contributed by atoms with Gasteiger partial charge in [0.05, 0.1) is 16.6 Å². The summed E-state index contributed by atoms with van der Waals surface area (Å²) in [4.78, 5) is 16.4. The molecule has 0 aliphatic carbocycles. The lowest BCUT2D eigenvalue weighted by atomic mass is 10.1. The number of hydrogen-bond acceptors (Lipinski definition) is 3. The second-order valence-electron chi connectivity index (χ2n) is 5.52. The quantitative estimate of drug-likeness (QED) is 0.654. The van der Waals surface area contributed by atoms with Crippen LogP contribution in [0.15, 0.2) is 48.5 Å². The van der Waals surface area contributed by atoms with E-state index in [2.05, 4.69) is 4.98 Å². The number of ether oxygens (including phenoxy) is 1. The van der Waals surface area contributed by atoms with Gasteiger partial charge in [0.15, 0.2) is 11.9 Å². The Hall–Kier alpha value is -2.76. The summed E-state index contributed by atoms with van der Waals surface area (Å²) in [5.74, 6) is -0.554. The first-order chi connectivity index (χ1) is 11.5. The van der Waals surface area contributed by atoms with Crippen LogP contribution in [0.2, 0.25) is 0 Å². The summed E-state index contributed by atoms with van der Waals surface area (Å²) in [5.41, 5.74) is 2.12. The van der Waals surface area contributed by atoms with E-state index < -0.39 is 18.6 Å². The Morgan fingerprint density at radius 3 is 2.46 bits per heavy atom. The number of aryl methyl sites for hydroxylation is 1. The summed E-state index contributed by atoms with van der Waals surface area (Å²) in [7, 11) is 0. The molecule has 124 valence electrons. The predicted molar refractivity (Wildman–Crippen MR) is 86.0 cm³/mol. The molecule has 0 radical (unpaired) electrons. The summed E-state index contributed by atoms with van der Waals surface area (Å²) in [6.07, 6.45) is -0.903. The fourth-order valence-electron chi connectivity index (χ4n) is 2.53. The number of aromatic nitrogens is 2. The first-order valence-electron chi connectivity index (χ1n) is 7.50. The first-order valence-corrected chi connectivity index (χ1v) is 7.50. The molecule has 0 fully saturated rings. The lowest BCUT2D eigenvalue weighted by Gasteiger charge is -2.15. The smallest absolute Gasteiger partial charge is 0.338 e. The molecule has 3 aromatic rings. The molecule has 2 aromatic carbocycles. The Morgan fingerprint density at radius 1 is 1.12 bits per heavy atom. The van der Waals surface area contributed by atoms with Gasteiger partial charge in [0.1, 0.15) is 0 Å². The molecule has 1 aromatic heterocycles. The summed E-state index contributed by atoms with van der Waals surface area (Å²) >= 11 is 0. The van der Waals surface area contributed by atoms with Crippen molar-refractivity contribution >= 4 is 17.0 Å². The van der Waals surface area contributed by atoms with Crippen molar-refractivity contribution in [2.45, 2.75) is 26.5 Å². The van der Waals surface area contributed by atoms with Gasteiger partial charge in [0.25, 0.3) is 0 Å². The number of halogens is 2. The molecule has 6 heteroatoms. The zero-order valence-corrected chi connectivity index (χ0v) is 13.2. The van der Waals surface area contributed by atoms with Crippen LogP contribution in [0.4, 0.5) is 8.78 Å². The molecule has 1 heterocycles. The van der Waals surface area contributed by atoms with Crippen molar-refractivity contribution in [3.63, 3.8) is 0 Å². The minimum absolute atomic E-state index is 0.0201. The third kappa shape index (κ3) is 2.99. The Morgan fingerprint density at radius 2 is 1.79 bits per heavy atom. The molecule has 0 N–H and O–H groups in total. The van der Waals surface area contributed by atoms with Crippen LogP contribution in [0.5, 0.6) is 0 Å². The van der Waals surface area contributed by atoms with Crippen molar-refractivity contribution in [3.8, 4) is 0 Å². The van der Waals surface area contributed by atoms with Crippen molar-refractivity contribution in [3.05, 3.63) is 65.5 Å². The second kappa shape index (κ2) is 6.39. The van der Waals surface area contributed by atoms with Gasteiger partial charge >= 0.3 is 12.5 Å². The van der Waals surface area contributed by atoms with E-state index >= 15 is 0 Å². The monoisotopic (exact) mass is 330 g/mol. The van der Waals surface area contributed by atoms with Crippen LogP contribution in [0.1, 0.15) is 41.3 Å². The number of alkyl halides is 2. The maximum Gasteiger partial charge on any atom is 0.338 e. The molecule has 0 aliphatic heterocycles. The highest BCUT2D eigenvalue weighted by molar-refractivity contribution is 5.89. The van der Waals surface area contributed by atoms with Crippen molar-refractivity contribution in [1.82, 2.24) is 9.55 Å². The molecule has 0 saturated carbocycles. The fourth-order valence-corrected chi connectivity index (χ4v) is 2.53. The van der Waals surface area contributed by atoms with Gasteiger partial charge in [-0.3, -0.25) is 4.57 Å². The highest BCUT2D eigenvalue weighted by atomic mass is 19.3. The highest BCUT2D eigenvalue weighted by Gasteiger charge is 2.24. The van der Waals surface area contributed by atoms with E-state index in [1.54, 1.807) is 48.5 Å². The number of esters is 1. The lowest BCUT2D eigenvalue weighted by molar-refractivity contribution is 0.0233. The molecule has 0 amide bonds. The number of rotatable bonds is 4. The van der Waals surface area contributed by atoms with Crippen molar-refractivity contribution in [2.24, 2.45) is 0 Å². The van der Waals surface area contributed by atoms with Crippen molar-refractivity contribution in [2.75, 3.05) is 0 Å². The zero-order valence-electron chi connectivity index (χ0n) is 13.2. The van der Waals surface area contributed by atoms with Gasteiger partial charge < -0.3 is 4.74 Å². The van der Waals surface area contributed by atoms with Gasteiger partial charge in [-0.15, -0.1) is 0 Å². The fraction of sp³-hybridized carbons (Fsp3) is 0.222. The van der Waals surface area contributed by atoms with Crippen LogP contribution < -0.4 is 0 Å². The summed E-state index contributed by atoms with van der Waals surface area (Å²) in [6.45, 7) is 0.669. The van der Waals surface area contributed by atoms with E-state index in [9.17, 15) is 13.6 Å². The van der Waals surface area contributed by atoms with Gasteiger partial charge in [0.2, 0.25) is 0 Å². The van der Waals surface area contributed by atoms with Gasteiger partial charge in [0, 0.05) is 0 Å². The first kappa shape index (κ1) is 16.1. The molecule has 0 bridgehead atoms. The number of carbonyl (C=O) groups excluding carboxylic acids is 1. The normalized spacial score (nSPS) is 12.5. The number of hydrogen-bond donors (Lipinski definition) is 0. The molecule has 24 heavy (non-hydrogen) atoms. The molecule has 0 spiro atoms. The zero-order chi connectivity index (χ0) is 17.3. The van der Waals surface area contributed by atoms with Crippen molar-refractivity contribution < 1.29 is 18.3 Å². The maximum absolute atomic E-state index is 13.4. The Labute approximate surface area is 137 Å². The number of imidazole rings is 1. The third-order valence-corrected chi connectivity index (χ3v) is 3.75. The van der Waals surface area contributed by atoms with E-state index in [1.165, 1.54) is 6.92 Å². The van der Waals surface area contributed by atoms with Crippen LogP contribution in [-0.2, 0) is 4.74 Å². The van der Waals surface area contributed by atoms with E-state index in [1.807, 2.05) is 6.92 Å². The van der Waals surface area contributed by atoms with Gasteiger partial charge in [-0.25, -0.2) is 9.78 Å². The van der Waals surface area contributed by atoms with Crippen molar-refractivity contribution in [1.29, 1.82) is 0 Å².